The molecule has 122 valence electrons. The van der Waals surface area contributed by atoms with E-state index in [-0.39, 0.29) is 11.3 Å². The maximum atomic E-state index is 12.3. The number of hydrogen-bond donors (Lipinski definition) is 2. The standard InChI is InChI=1S/C16H16ClNO4S/c1-2-11-9-14(6-3-12(11)10-16(19)20)18-23(21,22)15-7-4-13(17)5-8-15/h3-9,18H,2,10H2,1H3,(H,19,20). The summed E-state index contributed by atoms with van der Waals surface area (Å²) in [4.78, 5) is 10.9. The fourth-order valence-corrected chi connectivity index (χ4v) is 3.36. The van der Waals surface area contributed by atoms with Gasteiger partial charge in [0.2, 0.25) is 0 Å². The van der Waals surface area contributed by atoms with Crippen LogP contribution in [0.15, 0.2) is 47.4 Å². The minimum Gasteiger partial charge on any atom is -0.481 e. The number of sulfonamides is 1. The van der Waals surface area contributed by atoms with E-state index in [0.717, 1.165) is 5.56 Å². The molecule has 2 aromatic rings. The molecule has 0 radical (unpaired) electrons. The highest BCUT2D eigenvalue weighted by Crippen LogP contribution is 2.21. The van der Waals surface area contributed by atoms with E-state index in [1.165, 1.54) is 24.3 Å². The predicted molar refractivity (Wildman–Crippen MR) is 89.4 cm³/mol. The summed E-state index contributed by atoms with van der Waals surface area (Å²) in [7, 11) is -3.72. The van der Waals surface area contributed by atoms with Crippen molar-refractivity contribution in [3.63, 3.8) is 0 Å². The summed E-state index contributed by atoms with van der Waals surface area (Å²) in [6.45, 7) is 1.89. The van der Waals surface area contributed by atoms with Gasteiger partial charge in [0, 0.05) is 10.7 Å². The second-order valence-corrected chi connectivity index (χ2v) is 7.09. The third kappa shape index (κ3) is 4.46. The lowest BCUT2D eigenvalue weighted by atomic mass is 10.0. The number of anilines is 1. The molecule has 0 fully saturated rings. The molecule has 0 saturated heterocycles. The van der Waals surface area contributed by atoms with Crippen LogP contribution in [0.4, 0.5) is 5.69 Å². The average molecular weight is 354 g/mol. The summed E-state index contributed by atoms with van der Waals surface area (Å²) < 4.78 is 27.1. The van der Waals surface area contributed by atoms with E-state index in [2.05, 4.69) is 4.72 Å². The summed E-state index contributed by atoms with van der Waals surface area (Å²) in [5.74, 6) is -0.922. The van der Waals surface area contributed by atoms with Crippen molar-refractivity contribution in [3.8, 4) is 0 Å². The topological polar surface area (TPSA) is 83.5 Å². The Labute approximate surface area is 140 Å². The monoisotopic (exact) mass is 353 g/mol. The molecule has 0 heterocycles. The third-order valence-corrected chi connectivity index (χ3v) is 4.95. The second kappa shape index (κ2) is 7.02. The highest BCUT2D eigenvalue weighted by molar-refractivity contribution is 7.92. The Morgan fingerprint density at radius 1 is 1.13 bits per heavy atom. The fraction of sp³-hybridized carbons (Fsp3) is 0.188. The number of aryl methyl sites for hydroxylation is 1. The first-order chi connectivity index (χ1) is 10.8. The minimum absolute atomic E-state index is 0.0899. The van der Waals surface area contributed by atoms with E-state index in [1.54, 1.807) is 18.2 Å². The molecule has 0 aliphatic rings. The van der Waals surface area contributed by atoms with Gasteiger partial charge in [0.15, 0.2) is 0 Å². The Balaban J connectivity index is 2.28. The first-order valence-electron chi connectivity index (χ1n) is 6.94. The van der Waals surface area contributed by atoms with Crippen LogP contribution >= 0.6 is 11.6 Å². The number of carboxylic acids is 1. The van der Waals surface area contributed by atoms with Gasteiger partial charge in [0.25, 0.3) is 10.0 Å². The van der Waals surface area contributed by atoms with Crippen molar-refractivity contribution in [2.45, 2.75) is 24.7 Å². The molecule has 0 unspecified atom stereocenters. The minimum atomic E-state index is -3.72. The molecule has 2 rings (SSSR count). The molecule has 0 aromatic heterocycles. The van der Waals surface area contributed by atoms with Gasteiger partial charge in [-0.1, -0.05) is 24.6 Å². The van der Waals surface area contributed by atoms with Gasteiger partial charge in [-0.25, -0.2) is 8.42 Å². The summed E-state index contributed by atoms with van der Waals surface area (Å²) in [5.41, 5.74) is 1.86. The Bertz CT molecular complexity index is 816. The Morgan fingerprint density at radius 3 is 2.35 bits per heavy atom. The van der Waals surface area contributed by atoms with Crippen LogP contribution < -0.4 is 4.72 Å². The van der Waals surface area contributed by atoms with Crippen LogP contribution in [0.5, 0.6) is 0 Å². The van der Waals surface area contributed by atoms with Crippen LogP contribution in [0.3, 0.4) is 0 Å². The number of halogens is 1. The van der Waals surface area contributed by atoms with Crippen molar-refractivity contribution in [1.29, 1.82) is 0 Å². The lowest BCUT2D eigenvalue weighted by Gasteiger charge is -2.12. The van der Waals surface area contributed by atoms with Crippen LogP contribution in [-0.2, 0) is 27.7 Å². The highest BCUT2D eigenvalue weighted by atomic mass is 35.5. The van der Waals surface area contributed by atoms with Gasteiger partial charge in [-0.3, -0.25) is 9.52 Å². The van der Waals surface area contributed by atoms with Crippen LogP contribution in [0.2, 0.25) is 5.02 Å². The van der Waals surface area contributed by atoms with Gasteiger partial charge in [-0.2, -0.15) is 0 Å². The van der Waals surface area contributed by atoms with Crippen LogP contribution in [0, 0.1) is 0 Å². The molecule has 0 aliphatic carbocycles. The molecule has 2 N–H and O–H groups in total. The molecule has 0 saturated carbocycles. The molecule has 7 heteroatoms. The smallest absolute Gasteiger partial charge is 0.307 e. The number of rotatable bonds is 6. The van der Waals surface area contributed by atoms with Gasteiger partial charge in [-0.15, -0.1) is 0 Å². The van der Waals surface area contributed by atoms with Crippen LogP contribution in [0.1, 0.15) is 18.1 Å². The number of nitrogens with one attached hydrogen (secondary N) is 1. The zero-order valence-corrected chi connectivity index (χ0v) is 14.0. The van der Waals surface area contributed by atoms with Gasteiger partial charge in [0.1, 0.15) is 0 Å². The lowest BCUT2D eigenvalue weighted by molar-refractivity contribution is -0.136. The number of carbonyl (C=O) groups is 1. The molecule has 2 aromatic carbocycles. The van der Waals surface area contributed by atoms with Crippen molar-refractivity contribution in [2.75, 3.05) is 4.72 Å². The molecular formula is C16H16ClNO4S. The van der Waals surface area contributed by atoms with Crippen LogP contribution in [-0.4, -0.2) is 19.5 Å². The molecule has 0 amide bonds. The molecule has 0 spiro atoms. The summed E-state index contributed by atoms with van der Waals surface area (Å²) in [6.07, 6.45) is 0.520. The van der Waals surface area contributed by atoms with Gasteiger partial charge in [-0.05, 0) is 53.9 Å². The third-order valence-electron chi connectivity index (χ3n) is 3.30. The average Bonchev–Trinajstić information content (AvgIpc) is 2.48. The predicted octanol–water partition coefficient (Wildman–Crippen LogP) is 3.33. The van der Waals surface area contributed by atoms with Crippen LogP contribution in [0.25, 0.3) is 0 Å². The zero-order valence-electron chi connectivity index (χ0n) is 12.4. The van der Waals surface area contributed by atoms with Crippen molar-refractivity contribution in [2.24, 2.45) is 0 Å². The summed E-state index contributed by atoms with van der Waals surface area (Å²) in [5, 5.41) is 9.35. The van der Waals surface area contributed by atoms with Crippen molar-refractivity contribution in [1.82, 2.24) is 0 Å². The van der Waals surface area contributed by atoms with E-state index >= 15 is 0 Å². The normalized spacial score (nSPS) is 11.2. The molecule has 23 heavy (non-hydrogen) atoms. The van der Waals surface area contributed by atoms with E-state index in [0.29, 0.717) is 22.7 Å². The molecular weight excluding hydrogens is 338 g/mol. The Hall–Kier alpha value is -2.05. The van der Waals surface area contributed by atoms with E-state index in [1.807, 2.05) is 6.92 Å². The number of hydrogen-bond acceptors (Lipinski definition) is 3. The number of aliphatic carboxylic acids is 1. The lowest BCUT2D eigenvalue weighted by Crippen LogP contribution is -2.13. The largest absolute Gasteiger partial charge is 0.481 e. The first-order valence-corrected chi connectivity index (χ1v) is 8.80. The van der Waals surface area contributed by atoms with Gasteiger partial charge >= 0.3 is 5.97 Å². The second-order valence-electron chi connectivity index (χ2n) is 4.97. The SMILES string of the molecule is CCc1cc(NS(=O)(=O)c2ccc(Cl)cc2)ccc1CC(=O)O. The first kappa shape index (κ1) is 17.3. The van der Waals surface area contributed by atoms with E-state index in [9.17, 15) is 13.2 Å². The van der Waals surface area contributed by atoms with E-state index < -0.39 is 16.0 Å². The summed E-state index contributed by atoms with van der Waals surface area (Å²) >= 11 is 5.76. The Morgan fingerprint density at radius 2 is 1.78 bits per heavy atom. The highest BCUT2D eigenvalue weighted by Gasteiger charge is 2.15. The van der Waals surface area contributed by atoms with Crippen molar-refractivity contribution < 1.29 is 18.3 Å². The van der Waals surface area contributed by atoms with Crippen molar-refractivity contribution in [3.05, 3.63) is 58.6 Å². The van der Waals surface area contributed by atoms with E-state index in [4.69, 9.17) is 16.7 Å². The zero-order chi connectivity index (χ0) is 17.0. The van der Waals surface area contributed by atoms with Gasteiger partial charge < -0.3 is 5.11 Å². The van der Waals surface area contributed by atoms with Gasteiger partial charge in [0.05, 0.1) is 11.3 Å². The molecule has 0 bridgehead atoms. The fourth-order valence-electron chi connectivity index (χ4n) is 2.18. The van der Waals surface area contributed by atoms with Crippen molar-refractivity contribution >= 4 is 33.3 Å². The molecule has 0 aliphatic heterocycles. The number of carboxylic acid groups (broad SMARTS) is 1. The molecule has 5 nitrogen and oxygen atoms in total. The quantitative estimate of drug-likeness (QED) is 0.834. The maximum absolute atomic E-state index is 12.3. The Kier molecular flexibility index (Phi) is 5.28. The molecule has 0 atom stereocenters. The maximum Gasteiger partial charge on any atom is 0.307 e. The number of benzene rings is 2. The summed E-state index contributed by atoms with van der Waals surface area (Å²) in [6, 6.07) is 10.7.